The first-order chi connectivity index (χ1) is 9.68. The molecule has 0 heterocycles. The highest BCUT2D eigenvalue weighted by atomic mass is 16.3. The molecule has 0 aromatic carbocycles. The van der Waals surface area contributed by atoms with Crippen LogP contribution in [0.4, 0.5) is 0 Å². The standard InChI is InChI=1S/C18H37NO/c1-3-4-5-6-7-8-9-10-11-12-13-14-15-16-18(20)17(2)19/h15-18,20H,3-14,19H2,1-2H3/b16-15+/t17-,18-/m1/s1. The lowest BCUT2D eigenvalue weighted by atomic mass is 10.0. The third kappa shape index (κ3) is 14.1. The van der Waals surface area contributed by atoms with E-state index in [9.17, 15) is 5.11 Å². The third-order valence-electron chi connectivity index (χ3n) is 3.85. The molecule has 0 aliphatic carbocycles. The Labute approximate surface area is 126 Å². The van der Waals surface area contributed by atoms with Crippen molar-refractivity contribution in [2.24, 2.45) is 5.73 Å². The molecular formula is C18H37NO. The van der Waals surface area contributed by atoms with Crippen LogP contribution in [0.5, 0.6) is 0 Å². The summed E-state index contributed by atoms with van der Waals surface area (Å²) in [6.07, 6.45) is 19.7. The molecule has 0 aliphatic heterocycles. The van der Waals surface area contributed by atoms with E-state index in [1.54, 1.807) is 0 Å². The molecule has 0 unspecified atom stereocenters. The maximum absolute atomic E-state index is 9.49. The van der Waals surface area contributed by atoms with Crippen molar-refractivity contribution in [2.45, 2.75) is 103 Å². The first kappa shape index (κ1) is 19.7. The summed E-state index contributed by atoms with van der Waals surface area (Å²) in [6, 6.07) is -0.163. The second-order valence-electron chi connectivity index (χ2n) is 6.10. The molecule has 0 saturated heterocycles. The Balaban J connectivity index is 3.13. The lowest BCUT2D eigenvalue weighted by molar-refractivity contribution is 0.198. The quantitative estimate of drug-likeness (QED) is 0.350. The summed E-state index contributed by atoms with van der Waals surface area (Å²) in [6.45, 7) is 4.10. The molecule has 0 saturated carbocycles. The summed E-state index contributed by atoms with van der Waals surface area (Å²) in [7, 11) is 0. The molecule has 0 fully saturated rings. The van der Waals surface area contributed by atoms with Crippen LogP contribution in [0.3, 0.4) is 0 Å². The third-order valence-corrected chi connectivity index (χ3v) is 3.85. The van der Waals surface area contributed by atoms with Crippen LogP contribution in [-0.2, 0) is 0 Å². The van der Waals surface area contributed by atoms with E-state index in [1.165, 1.54) is 70.6 Å². The molecule has 0 aromatic heterocycles. The van der Waals surface area contributed by atoms with E-state index in [-0.39, 0.29) is 6.04 Å². The molecule has 0 aliphatic rings. The molecule has 0 bridgehead atoms. The van der Waals surface area contributed by atoms with Gasteiger partial charge in [0.2, 0.25) is 0 Å². The Morgan fingerprint density at radius 1 is 0.850 bits per heavy atom. The van der Waals surface area contributed by atoms with Crippen molar-refractivity contribution in [3.63, 3.8) is 0 Å². The van der Waals surface area contributed by atoms with E-state index in [2.05, 4.69) is 13.0 Å². The fourth-order valence-corrected chi connectivity index (χ4v) is 2.34. The predicted molar refractivity (Wildman–Crippen MR) is 89.9 cm³/mol. The molecule has 2 nitrogen and oxygen atoms in total. The molecule has 120 valence electrons. The van der Waals surface area contributed by atoms with E-state index < -0.39 is 6.10 Å². The average Bonchev–Trinajstić information content (AvgIpc) is 2.43. The highest BCUT2D eigenvalue weighted by Gasteiger charge is 2.03. The zero-order valence-corrected chi connectivity index (χ0v) is 13.8. The smallest absolute Gasteiger partial charge is 0.0869 e. The molecule has 0 spiro atoms. The zero-order valence-electron chi connectivity index (χ0n) is 13.8. The lowest BCUT2D eigenvalue weighted by Gasteiger charge is -2.08. The maximum Gasteiger partial charge on any atom is 0.0869 e. The van der Waals surface area contributed by atoms with Gasteiger partial charge in [0.15, 0.2) is 0 Å². The van der Waals surface area contributed by atoms with E-state index in [1.807, 2.05) is 13.0 Å². The zero-order chi connectivity index (χ0) is 15.1. The molecular weight excluding hydrogens is 246 g/mol. The molecule has 2 atom stereocenters. The number of nitrogens with two attached hydrogens (primary N) is 1. The summed E-state index contributed by atoms with van der Waals surface area (Å²) >= 11 is 0. The topological polar surface area (TPSA) is 46.2 Å². The average molecular weight is 284 g/mol. The minimum absolute atomic E-state index is 0.163. The molecule has 3 N–H and O–H groups in total. The molecule has 0 aromatic rings. The second-order valence-corrected chi connectivity index (χ2v) is 6.10. The SMILES string of the molecule is CCCCCCCCCCCCC/C=C/[C@@H](O)[C@@H](C)N. The summed E-state index contributed by atoms with van der Waals surface area (Å²) in [5.74, 6) is 0. The van der Waals surface area contributed by atoms with Crippen molar-refractivity contribution in [1.82, 2.24) is 0 Å². The highest BCUT2D eigenvalue weighted by Crippen LogP contribution is 2.12. The van der Waals surface area contributed by atoms with Crippen LogP contribution in [0.2, 0.25) is 0 Å². The number of aliphatic hydroxyl groups is 1. The fraction of sp³-hybridized carbons (Fsp3) is 0.889. The van der Waals surface area contributed by atoms with Gasteiger partial charge in [-0.3, -0.25) is 0 Å². The van der Waals surface area contributed by atoms with Gasteiger partial charge in [0.05, 0.1) is 6.10 Å². The van der Waals surface area contributed by atoms with Crippen molar-refractivity contribution in [3.8, 4) is 0 Å². The van der Waals surface area contributed by atoms with Crippen molar-refractivity contribution in [2.75, 3.05) is 0 Å². The number of aliphatic hydroxyl groups excluding tert-OH is 1. The van der Waals surface area contributed by atoms with E-state index >= 15 is 0 Å². The van der Waals surface area contributed by atoms with Crippen LogP contribution in [0.15, 0.2) is 12.2 Å². The summed E-state index contributed by atoms with van der Waals surface area (Å²) in [5, 5.41) is 9.49. The number of unbranched alkanes of at least 4 members (excludes halogenated alkanes) is 11. The van der Waals surface area contributed by atoms with Gasteiger partial charge in [-0.05, 0) is 19.8 Å². The van der Waals surface area contributed by atoms with Gasteiger partial charge >= 0.3 is 0 Å². The van der Waals surface area contributed by atoms with Gasteiger partial charge in [0.25, 0.3) is 0 Å². The number of hydrogen-bond donors (Lipinski definition) is 2. The van der Waals surface area contributed by atoms with Crippen LogP contribution in [0, 0.1) is 0 Å². The van der Waals surface area contributed by atoms with Crippen molar-refractivity contribution < 1.29 is 5.11 Å². The minimum atomic E-state index is -0.484. The second kappa shape index (κ2) is 15.1. The highest BCUT2D eigenvalue weighted by molar-refractivity contribution is 4.92. The Morgan fingerprint density at radius 3 is 1.75 bits per heavy atom. The van der Waals surface area contributed by atoms with Crippen LogP contribution in [0.1, 0.15) is 90.9 Å². The van der Waals surface area contributed by atoms with E-state index in [4.69, 9.17) is 5.73 Å². The lowest BCUT2D eigenvalue weighted by Crippen LogP contribution is -2.29. The monoisotopic (exact) mass is 283 g/mol. The van der Waals surface area contributed by atoms with Gasteiger partial charge in [-0.2, -0.15) is 0 Å². The maximum atomic E-state index is 9.49. The molecule has 0 amide bonds. The van der Waals surface area contributed by atoms with E-state index in [0.29, 0.717) is 0 Å². The Hall–Kier alpha value is -0.340. The van der Waals surface area contributed by atoms with Gasteiger partial charge < -0.3 is 10.8 Å². The summed E-state index contributed by atoms with van der Waals surface area (Å²) < 4.78 is 0. The van der Waals surface area contributed by atoms with Gasteiger partial charge in [0.1, 0.15) is 0 Å². The Kier molecular flexibility index (Phi) is 14.8. The Bertz CT molecular complexity index is 213. The first-order valence-corrected chi connectivity index (χ1v) is 8.78. The van der Waals surface area contributed by atoms with Gasteiger partial charge in [0, 0.05) is 6.04 Å². The number of allylic oxidation sites excluding steroid dienone is 1. The van der Waals surface area contributed by atoms with Crippen LogP contribution in [-0.4, -0.2) is 17.3 Å². The van der Waals surface area contributed by atoms with Crippen molar-refractivity contribution >= 4 is 0 Å². The molecule has 2 heteroatoms. The first-order valence-electron chi connectivity index (χ1n) is 8.78. The fourth-order valence-electron chi connectivity index (χ4n) is 2.34. The van der Waals surface area contributed by atoms with Crippen LogP contribution < -0.4 is 5.73 Å². The van der Waals surface area contributed by atoms with Crippen LogP contribution in [0.25, 0.3) is 0 Å². The van der Waals surface area contributed by atoms with Gasteiger partial charge in [-0.1, -0.05) is 83.3 Å². The summed E-state index contributed by atoms with van der Waals surface area (Å²) in [5.41, 5.74) is 5.58. The van der Waals surface area contributed by atoms with Gasteiger partial charge in [-0.15, -0.1) is 0 Å². The summed E-state index contributed by atoms with van der Waals surface area (Å²) in [4.78, 5) is 0. The molecule has 0 radical (unpaired) electrons. The number of rotatable bonds is 14. The van der Waals surface area contributed by atoms with Crippen LogP contribution >= 0.6 is 0 Å². The van der Waals surface area contributed by atoms with Crippen molar-refractivity contribution in [3.05, 3.63) is 12.2 Å². The Morgan fingerprint density at radius 2 is 1.30 bits per heavy atom. The largest absolute Gasteiger partial charge is 0.387 e. The minimum Gasteiger partial charge on any atom is -0.387 e. The molecule has 20 heavy (non-hydrogen) atoms. The van der Waals surface area contributed by atoms with E-state index in [0.717, 1.165) is 6.42 Å². The van der Waals surface area contributed by atoms with Crippen molar-refractivity contribution in [1.29, 1.82) is 0 Å². The normalized spacial score (nSPS) is 14.8. The molecule has 0 rings (SSSR count). The predicted octanol–water partition coefficient (Wildman–Crippen LogP) is 4.95. The number of hydrogen-bond acceptors (Lipinski definition) is 2. The van der Waals surface area contributed by atoms with Gasteiger partial charge in [-0.25, -0.2) is 0 Å².